The highest BCUT2D eigenvalue weighted by molar-refractivity contribution is 5.51. The zero-order valence-electron chi connectivity index (χ0n) is 16.5. The molecule has 28 heavy (non-hydrogen) atoms. The van der Waals surface area contributed by atoms with Crippen LogP contribution in [0.15, 0.2) is 61.2 Å². The molecule has 0 saturated carbocycles. The summed E-state index contributed by atoms with van der Waals surface area (Å²) < 4.78 is 38.2. The Labute approximate surface area is 166 Å². The predicted octanol–water partition coefficient (Wildman–Crippen LogP) is 8.19. The van der Waals surface area contributed by atoms with Crippen molar-refractivity contribution in [3.63, 3.8) is 0 Å². The van der Waals surface area contributed by atoms with Gasteiger partial charge in [0.2, 0.25) is 0 Å². The molecule has 0 saturated heterocycles. The molecule has 2 aromatic rings. The van der Waals surface area contributed by atoms with Crippen molar-refractivity contribution in [1.29, 1.82) is 0 Å². The van der Waals surface area contributed by atoms with E-state index in [9.17, 15) is 13.2 Å². The number of benzene rings is 2. The summed E-state index contributed by atoms with van der Waals surface area (Å²) in [5.41, 5.74) is 2.52. The Morgan fingerprint density at radius 2 is 1.64 bits per heavy atom. The Hall–Kier alpha value is -2.29. The fraction of sp³-hybridized carbons (Fsp3) is 0.360. The number of aryl methyl sites for hydroxylation is 1. The van der Waals surface area contributed by atoms with Crippen LogP contribution in [0.2, 0.25) is 0 Å². The molecule has 150 valence electrons. The first-order valence-corrected chi connectivity index (χ1v) is 9.95. The summed E-state index contributed by atoms with van der Waals surface area (Å²) in [5.74, 6) is 0.362. The van der Waals surface area contributed by atoms with Crippen LogP contribution in [0.5, 0.6) is 0 Å². The van der Waals surface area contributed by atoms with Crippen molar-refractivity contribution in [1.82, 2.24) is 0 Å². The van der Waals surface area contributed by atoms with Crippen molar-refractivity contribution >= 4 is 12.2 Å². The molecule has 1 atom stereocenters. The van der Waals surface area contributed by atoms with Crippen molar-refractivity contribution in [2.75, 3.05) is 0 Å². The molecule has 0 nitrogen and oxygen atoms in total. The van der Waals surface area contributed by atoms with Gasteiger partial charge in [0.15, 0.2) is 0 Å². The van der Waals surface area contributed by atoms with Crippen LogP contribution in [0.3, 0.4) is 0 Å². The van der Waals surface area contributed by atoms with Crippen LogP contribution in [0.25, 0.3) is 12.2 Å². The van der Waals surface area contributed by atoms with Gasteiger partial charge in [-0.15, -0.1) is 0 Å². The Morgan fingerprint density at radius 1 is 0.929 bits per heavy atom. The summed E-state index contributed by atoms with van der Waals surface area (Å²) >= 11 is 0. The van der Waals surface area contributed by atoms with Crippen LogP contribution >= 0.6 is 0 Å². The summed E-state index contributed by atoms with van der Waals surface area (Å²) in [6, 6.07) is 14.0. The van der Waals surface area contributed by atoms with E-state index in [1.807, 2.05) is 12.2 Å². The number of rotatable bonds is 10. The molecular formula is C25H29F3. The third-order valence-electron chi connectivity index (χ3n) is 4.92. The predicted molar refractivity (Wildman–Crippen MR) is 113 cm³/mol. The molecule has 2 rings (SSSR count). The lowest BCUT2D eigenvalue weighted by molar-refractivity contribution is -0.137. The summed E-state index contributed by atoms with van der Waals surface area (Å²) in [6.07, 6.45) is 8.25. The first-order chi connectivity index (χ1) is 13.4. The summed E-state index contributed by atoms with van der Waals surface area (Å²) in [6.45, 7) is 5.88. The minimum Gasteiger partial charge on any atom is -0.166 e. The van der Waals surface area contributed by atoms with Crippen molar-refractivity contribution in [2.24, 2.45) is 5.92 Å². The van der Waals surface area contributed by atoms with Crippen LogP contribution in [0, 0.1) is 5.92 Å². The fourth-order valence-corrected chi connectivity index (χ4v) is 3.16. The zero-order chi connectivity index (χ0) is 20.4. The Balaban J connectivity index is 1.65. The summed E-state index contributed by atoms with van der Waals surface area (Å²) in [5, 5.41) is 0. The number of halogens is 3. The third kappa shape index (κ3) is 7.75. The van der Waals surface area contributed by atoms with Gasteiger partial charge in [-0.2, -0.15) is 13.2 Å². The number of alkyl halides is 3. The van der Waals surface area contributed by atoms with E-state index < -0.39 is 11.7 Å². The molecule has 1 unspecified atom stereocenters. The highest BCUT2D eigenvalue weighted by Gasteiger charge is 2.30. The van der Waals surface area contributed by atoms with E-state index in [1.54, 1.807) is 12.1 Å². The lowest BCUT2D eigenvalue weighted by Gasteiger charge is -2.08. The normalized spacial score (nSPS) is 13.0. The van der Waals surface area contributed by atoms with Gasteiger partial charge in [-0.1, -0.05) is 87.4 Å². The highest BCUT2D eigenvalue weighted by atomic mass is 19.4. The molecule has 0 N–H and O–H groups in total. The first kappa shape index (κ1) is 22.0. The van der Waals surface area contributed by atoms with Gasteiger partial charge < -0.3 is 0 Å². The van der Waals surface area contributed by atoms with Crippen LogP contribution in [-0.2, 0) is 12.6 Å². The second-order valence-corrected chi connectivity index (χ2v) is 7.36. The molecule has 0 amide bonds. The Kier molecular flexibility index (Phi) is 8.56. The number of hydrogen-bond donors (Lipinski definition) is 0. The maximum atomic E-state index is 12.7. The number of unbranched alkanes of at least 4 members (excludes halogenated alkanes) is 3. The van der Waals surface area contributed by atoms with E-state index in [1.165, 1.54) is 37.0 Å². The van der Waals surface area contributed by atoms with E-state index in [-0.39, 0.29) is 0 Å². The Bertz CT molecular complexity index is 754. The smallest absolute Gasteiger partial charge is 0.166 e. The average Bonchev–Trinajstić information content (AvgIpc) is 2.69. The van der Waals surface area contributed by atoms with Crippen molar-refractivity contribution in [3.8, 4) is 0 Å². The van der Waals surface area contributed by atoms with Gasteiger partial charge in [0.25, 0.3) is 0 Å². The van der Waals surface area contributed by atoms with Crippen LogP contribution in [0.1, 0.15) is 61.3 Å². The topological polar surface area (TPSA) is 0 Å². The molecule has 0 aliphatic rings. The van der Waals surface area contributed by atoms with Crippen molar-refractivity contribution in [3.05, 3.63) is 83.4 Å². The average molecular weight is 387 g/mol. The van der Waals surface area contributed by atoms with Crippen LogP contribution in [0.4, 0.5) is 13.2 Å². The quantitative estimate of drug-likeness (QED) is 0.361. The lowest BCUT2D eigenvalue weighted by Crippen LogP contribution is -2.04. The lowest BCUT2D eigenvalue weighted by atomic mass is 9.99. The zero-order valence-corrected chi connectivity index (χ0v) is 16.5. The SMILES string of the molecule is C=Cc1ccc(CCCCCCC(C)/C=C/c2cccc(C(F)(F)F)c2)cc1. The van der Waals surface area contributed by atoms with Crippen molar-refractivity contribution in [2.45, 2.75) is 51.6 Å². The first-order valence-electron chi connectivity index (χ1n) is 9.95. The maximum Gasteiger partial charge on any atom is 0.416 e. The maximum absolute atomic E-state index is 12.7. The molecule has 0 aliphatic carbocycles. The third-order valence-corrected chi connectivity index (χ3v) is 4.92. The van der Waals surface area contributed by atoms with Gasteiger partial charge in [-0.25, -0.2) is 0 Å². The summed E-state index contributed by atoms with van der Waals surface area (Å²) in [4.78, 5) is 0. The van der Waals surface area contributed by atoms with Gasteiger partial charge in [0.05, 0.1) is 5.56 Å². The van der Waals surface area contributed by atoms with Gasteiger partial charge in [-0.3, -0.25) is 0 Å². The molecule has 3 heteroatoms. The number of hydrogen-bond acceptors (Lipinski definition) is 0. The molecule has 0 bridgehead atoms. The molecule has 2 aromatic carbocycles. The highest BCUT2D eigenvalue weighted by Crippen LogP contribution is 2.29. The van der Waals surface area contributed by atoms with Crippen LogP contribution in [-0.4, -0.2) is 0 Å². The summed E-state index contributed by atoms with van der Waals surface area (Å²) in [7, 11) is 0. The largest absolute Gasteiger partial charge is 0.416 e. The molecule has 0 aromatic heterocycles. The van der Waals surface area contributed by atoms with Crippen molar-refractivity contribution < 1.29 is 13.2 Å². The number of allylic oxidation sites excluding steroid dienone is 1. The van der Waals surface area contributed by atoms with E-state index in [4.69, 9.17) is 0 Å². The Morgan fingerprint density at radius 3 is 2.32 bits per heavy atom. The van der Waals surface area contributed by atoms with Gasteiger partial charge in [0, 0.05) is 0 Å². The minimum atomic E-state index is -4.29. The molecule has 0 heterocycles. The van der Waals surface area contributed by atoms with E-state index in [2.05, 4.69) is 37.8 Å². The second-order valence-electron chi connectivity index (χ2n) is 7.36. The molecular weight excluding hydrogens is 357 g/mol. The molecule has 0 aliphatic heterocycles. The van der Waals surface area contributed by atoms with E-state index in [0.717, 1.165) is 30.9 Å². The van der Waals surface area contributed by atoms with Gasteiger partial charge in [0.1, 0.15) is 0 Å². The monoisotopic (exact) mass is 386 g/mol. The molecule has 0 radical (unpaired) electrons. The van der Waals surface area contributed by atoms with E-state index in [0.29, 0.717) is 11.5 Å². The van der Waals surface area contributed by atoms with E-state index >= 15 is 0 Å². The minimum absolute atomic E-state index is 0.362. The van der Waals surface area contributed by atoms with Gasteiger partial charge in [-0.05, 0) is 54.0 Å². The fourth-order valence-electron chi connectivity index (χ4n) is 3.16. The molecule has 0 spiro atoms. The standard InChI is InChI=1S/C25H29F3/c1-3-21-15-17-22(18-16-21)10-7-5-4-6-9-20(2)13-14-23-11-8-12-24(19-23)25(26,27)28/h3,8,11-20H,1,4-7,9-10H2,2H3/b14-13+. The van der Waals surface area contributed by atoms with Crippen LogP contribution < -0.4 is 0 Å². The molecule has 0 fully saturated rings. The second kappa shape index (κ2) is 10.9. The van der Waals surface area contributed by atoms with Gasteiger partial charge >= 0.3 is 6.18 Å².